The molecule has 0 unspecified atom stereocenters. The molecule has 0 aliphatic carbocycles. The molecule has 8 heteroatoms. The van der Waals surface area contributed by atoms with Crippen LogP contribution in [-0.4, -0.2) is 42.8 Å². The number of hydrogen-bond donors (Lipinski definition) is 0. The van der Waals surface area contributed by atoms with E-state index in [1.807, 2.05) is 49.4 Å². The molecule has 35 heavy (non-hydrogen) atoms. The fourth-order valence-corrected chi connectivity index (χ4v) is 4.47. The van der Waals surface area contributed by atoms with Gasteiger partial charge in [-0.15, -0.1) is 0 Å². The second-order valence-corrected chi connectivity index (χ2v) is 8.20. The first-order chi connectivity index (χ1) is 17.0. The lowest BCUT2D eigenvalue weighted by molar-refractivity contribution is -0.138. The minimum atomic E-state index is -0.541. The van der Waals surface area contributed by atoms with Gasteiger partial charge in [-0.05, 0) is 41.8 Å². The van der Waals surface area contributed by atoms with E-state index in [4.69, 9.17) is 14.0 Å². The molecule has 8 nitrogen and oxygen atoms in total. The number of fused-ring (bicyclic) bond motifs is 8. The van der Waals surface area contributed by atoms with E-state index < -0.39 is 5.97 Å². The Balaban J connectivity index is 1.89. The Hall–Kier alpha value is -4.30. The van der Waals surface area contributed by atoms with E-state index in [0.717, 1.165) is 16.7 Å². The number of methoxy groups -OCH3 is 2. The number of carbonyl (C=O) groups excluding carboxylic acids is 2. The summed E-state index contributed by atoms with van der Waals surface area (Å²) in [6, 6.07) is 18.7. The van der Waals surface area contributed by atoms with Gasteiger partial charge in [0.05, 0.1) is 25.0 Å². The van der Waals surface area contributed by atoms with Gasteiger partial charge in [-0.1, -0.05) is 47.6 Å². The number of aromatic nitrogens is 2. The Morgan fingerprint density at radius 1 is 1.00 bits per heavy atom. The summed E-state index contributed by atoms with van der Waals surface area (Å²) >= 11 is 0. The van der Waals surface area contributed by atoms with E-state index >= 15 is 0 Å². The Labute approximate surface area is 202 Å². The van der Waals surface area contributed by atoms with Gasteiger partial charge < -0.3 is 14.0 Å². The summed E-state index contributed by atoms with van der Waals surface area (Å²) in [5, 5.41) is 4.19. The molecule has 2 heterocycles. The summed E-state index contributed by atoms with van der Waals surface area (Å²) in [5.41, 5.74) is 5.49. The lowest BCUT2D eigenvalue weighted by Gasteiger charge is -2.28. The quantitative estimate of drug-likeness (QED) is 0.392. The molecule has 1 aliphatic rings. The van der Waals surface area contributed by atoms with Crippen molar-refractivity contribution in [2.75, 3.05) is 25.7 Å². The molecule has 176 valence electrons. The highest BCUT2D eigenvalue weighted by Crippen LogP contribution is 2.42. The van der Waals surface area contributed by atoms with Gasteiger partial charge in [-0.25, -0.2) is 0 Å². The van der Waals surface area contributed by atoms with Gasteiger partial charge in [0, 0.05) is 23.8 Å². The fourth-order valence-electron chi connectivity index (χ4n) is 4.47. The number of anilines is 1. The number of esters is 1. The zero-order valence-corrected chi connectivity index (χ0v) is 19.6. The predicted octanol–water partition coefficient (Wildman–Crippen LogP) is 4.66. The van der Waals surface area contributed by atoms with Crippen LogP contribution >= 0.6 is 0 Å². The molecule has 3 aromatic carbocycles. The van der Waals surface area contributed by atoms with Crippen molar-refractivity contribution in [3.05, 3.63) is 77.4 Å². The van der Waals surface area contributed by atoms with Crippen LogP contribution < -0.4 is 4.90 Å². The number of ether oxygens (including phenoxy) is 2. The fraction of sp³-hybridized carbons (Fsp3) is 0.185. The molecule has 5 rings (SSSR count). The lowest BCUT2D eigenvalue weighted by atomic mass is 9.90. The minimum Gasteiger partial charge on any atom is -0.468 e. The second-order valence-electron chi connectivity index (χ2n) is 8.20. The average molecular weight is 469 g/mol. The highest BCUT2D eigenvalue weighted by Gasteiger charge is 2.31. The van der Waals surface area contributed by atoms with Crippen LogP contribution in [0.5, 0.6) is 0 Å². The SMILES string of the molecule is COCc1cc(-c2ccccc2)c2c(C)c1N(CC(=O)OC)C(=O)c1cccc(c1)-c1noc-2n1. The molecule has 0 radical (unpaired) electrons. The van der Waals surface area contributed by atoms with Crippen molar-refractivity contribution < 1.29 is 23.6 Å². The predicted molar refractivity (Wildman–Crippen MR) is 130 cm³/mol. The molecule has 0 atom stereocenters. The first-order valence-corrected chi connectivity index (χ1v) is 11.1. The van der Waals surface area contributed by atoms with E-state index in [2.05, 4.69) is 10.1 Å². The number of amides is 1. The zero-order valence-electron chi connectivity index (χ0n) is 19.6. The lowest BCUT2D eigenvalue weighted by Crippen LogP contribution is -2.37. The van der Waals surface area contributed by atoms with Crippen molar-refractivity contribution in [2.45, 2.75) is 13.5 Å². The van der Waals surface area contributed by atoms with Crippen LogP contribution in [0.4, 0.5) is 5.69 Å². The van der Waals surface area contributed by atoms with Crippen LogP contribution in [0.1, 0.15) is 21.5 Å². The van der Waals surface area contributed by atoms with Gasteiger partial charge in [0.25, 0.3) is 11.8 Å². The minimum absolute atomic E-state index is 0.219. The third-order valence-corrected chi connectivity index (χ3v) is 6.04. The molecule has 0 spiro atoms. The summed E-state index contributed by atoms with van der Waals surface area (Å²) in [5.74, 6) is -0.197. The van der Waals surface area contributed by atoms with Gasteiger partial charge in [-0.3, -0.25) is 14.5 Å². The number of nitrogens with zero attached hydrogens (tertiary/aromatic N) is 3. The summed E-state index contributed by atoms with van der Waals surface area (Å²) in [4.78, 5) is 32.4. The molecule has 0 N–H and O–H groups in total. The standard InChI is InChI=1S/C27H23N3O5/c1-16-23-21(17-8-5-4-6-9-17)13-20(15-33-2)24(16)30(14-22(31)34-3)27(32)19-11-7-10-18(12-19)25-28-26(23)35-29-25/h4-13H,14-15H2,1-3H3. The van der Waals surface area contributed by atoms with Crippen molar-refractivity contribution >= 4 is 17.6 Å². The Bertz CT molecular complexity index is 1430. The maximum absolute atomic E-state index is 13.8. The monoisotopic (exact) mass is 469 g/mol. The van der Waals surface area contributed by atoms with Crippen LogP contribution in [0.3, 0.4) is 0 Å². The highest BCUT2D eigenvalue weighted by molar-refractivity contribution is 6.10. The smallest absolute Gasteiger partial charge is 0.325 e. The van der Waals surface area contributed by atoms with Crippen molar-refractivity contribution in [3.63, 3.8) is 0 Å². The number of hydrogen-bond acceptors (Lipinski definition) is 7. The van der Waals surface area contributed by atoms with Crippen LogP contribution in [0.15, 0.2) is 65.2 Å². The topological polar surface area (TPSA) is 94.8 Å². The summed E-state index contributed by atoms with van der Waals surface area (Å²) in [6.07, 6.45) is 0. The Morgan fingerprint density at radius 3 is 2.49 bits per heavy atom. The first-order valence-electron chi connectivity index (χ1n) is 11.1. The van der Waals surface area contributed by atoms with Crippen molar-refractivity contribution in [2.24, 2.45) is 0 Å². The van der Waals surface area contributed by atoms with E-state index in [0.29, 0.717) is 39.7 Å². The zero-order chi connectivity index (χ0) is 24.5. The van der Waals surface area contributed by atoms with Crippen molar-refractivity contribution in [1.82, 2.24) is 10.1 Å². The molecule has 0 saturated carbocycles. The molecular formula is C27H23N3O5. The first kappa shape index (κ1) is 22.5. The van der Waals surface area contributed by atoms with Crippen molar-refractivity contribution in [3.8, 4) is 34.0 Å². The van der Waals surface area contributed by atoms with Crippen molar-refractivity contribution in [1.29, 1.82) is 0 Å². The van der Waals surface area contributed by atoms with E-state index in [-0.39, 0.29) is 19.1 Å². The second kappa shape index (κ2) is 9.15. The van der Waals surface area contributed by atoms with Crippen LogP contribution in [0.25, 0.3) is 34.0 Å². The van der Waals surface area contributed by atoms with Gasteiger partial charge in [0.1, 0.15) is 6.54 Å². The molecule has 1 aliphatic heterocycles. The summed E-state index contributed by atoms with van der Waals surface area (Å²) in [7, 11) is 2.88. The summed E-state index contributed by atoms with van der Waals surface area (Å²) < 4.78 is 16.2. The molecule has 1 amide bonds. The van der Waals surface area contributed by atoms with Crippen LogP contribution in [0.2, 0.25) is 0 Å². The van der Waals surface area contributed by atoms with E-state index in [9.17, 15) is 9.59 Å². The maximum atomic E-state index is 13.8. The average Bonchev–Trinajstić information content (AvgIpc) is 3.37. The highest BCUT2D eigenvalue weighted by atomic mass is 16.5. The van der Waals surface area contributed by atoms with E-state index in [1.165, 1.54) is 12.0 Å². The molecule has 4 aromatic rings. The summed E-state index contributed by atoms with van der Waals surface area (Å²) in [6.45, 7) is 1.83. The molecule has 6 bridgehead atoms. The van der Waals surface area contributed by atoms with Gasteiger partial charge in [0.2, 0.25) is 5.82 Å². The largest absolute Gasteiger partial charge is 0.468 e. The Morgan fingerprint density at radius 2 is 1.74 bits per heavy atom. The van der Waals surface area contributed by atoms with Gasteiger partial charge >= 0.3 is 5.97 Å². The maximum Gasteiger partial charge on any atom is 0.325 e. The number of carbonyl (C=O) groups is 2. The third-order valence-electron chi connectivity index (χ3n) is 6.04. The van der Waals surface area contributed by atoms with Crippen LogP contribution in [0, 0.1) is 6.92 Å². The Kier molecular flexibility index (Phi) is 5.88. The molecule has 1 aromatic heterocycles. The van der Waals surface area contributed by atoms with E-state index in [1.54, 1.807) is 25.3 Å². The normalized spacial score (nSPS) is 12.3. The molecular weight excluding hydrogens is 446 g/mol. The molecule has 0 fully saturated rings. The van der Waals surface area contributed by atoms with Gasteiger partial charge in [0.15, 0.2) is 0 Å². The number of rotatable bonds is 5. The van der Waals surface area contributed by atoms with Gasteiger partial charge in [-0.2, -0.15) is 4.98 Å². The third kappa shape index (κ3) is 3.98. The van der Waals surface area contributed by atoms with Crippen LogP contribution in [-0.2, 0) is 20.9 Å². The molecule has 0 saturated heterocycles. The number of benzene rings is 3.